The van der Waals surface area contributed by atoms with Gasteiger partial charge in [-0.1, -0.05) is 26.7 Å². The molecule has 3 atom stereocenters. The number of nitrogens with two attached hydrogens (primary N) is 1. The molecule has 3 unspecified atom stereocenters. The first kappa shape index (κ1) is 13.3. The second-order valence-electron chi connectivity index (χ2n) is 6.00. The first-order valence-corrected chi connectivity index (χ1v) is 7.28. The molecule has 2 N–H and O–H groups in total. The van der Waals surface area contributed by atoms with Gasteiger partial charge in [-0.25, -0.2) is 0 Å². The Labute approximate surface area is 106 Å². The number of hydrogen-bond donors (Lipinski definition) is 1. The van der Waals surface area contributed by atoms with Crippen LogP contribution >= 0.6 is 0 Å². The molecular formula is C14H28N2O. The van der Waals surface area contributed by atoms with E-state index in [1.807, 2.05) is 0 Å². The molecule has 0 aromatic rings. The fourth-order valence-corrected chi connectivity index (χ4v) is 3.26. The first-order valence-electron chi connectivity index (χ1n) is 7.28. The van der Waals surface area contributed by atoms with Crippen LogP contribution in [0.15, 0.2) is 0 Å². The zero-order valence-corrected chi connectivity index (χ0v) is 11.4. The van der Waals surface area contributed by atoms with Crippen molar-refractivity contribution in [3.05, 3.63) is 0 Å². The lowest BCUT2D eigenvalue weighted by Crippen LogP contribution is -2.54. The fraction of sp³-hybridized carbons (Fsp3) is 1.00. The second-order valence-corrected chi connectivity index (χ2v) is 6.00. The maximum absolute atomic E-state index is 5.91. The summed E-state index contributed by atoms with van der Waals surface area (Å²) in [6.07, 6.45) is 5.80. The van der Waals surface area contributed by atoms with E-state index in [0.29, 0.717) is 24.0 Å². The number of rotatable bonds is 4. The Morgan fingerprint density at radius 1 is 1.29 bits per heavy atom. The lowest BCUT2D eigenvalue weighted by Gasteiger charge is -2.45. The molecule has 1 aliphatic carbocycles. The van der Waals surface area contributed by atoms with Gasteiger partial charge < -0.3 is 10.5 Å². The summed E-state index contributed by atoms with van der Waals surface area (Å²) in [7, 11) is 0. The third-order valence-corrected chi connectivity index (χ3v) is 4.56. The number of morpholine rings is 1. The average molecular weight is 240 g/mol. The van der Waals surface area contributed by atoms with E-state index in [0.717, 1.165) is 19.7 Å². The third-order valence-electron chi connectivity index (χ3n) is 4.56. The number of fused-ring (bicyclic) bond motifs is 1. The van der Waals surface area contributed by atoms with E-state index in [4.69, 9.17) is 10.5 Å². The molecule has 17 heavy (non-hydrogen) atoms. The Bertz CT molecular complexity index is 230. The van der Waals surface area contributed by atoms with Crippen molar-refractivity contribution in [2.45, 2.75) is 51.7 Å². The highest BCUT2D eigenvalue weighted by Crippen LogP contribution is 2.29. The van der Waals surface area contributed by atoms with Crippen LogP contribution in [0, 0.1) is 11.8 Å². The molecule has 1 heterocycles. The molecule has 3 nitrogen and oxygen atoms in total. The Hall–Kier alpha value is -0.120. The van der Waals surface area contributed by atoms with E-state index >= 15 is 0 Å². The fourth-order valence-electron chi connectivity index (χ4n) is 3.26. The lowest BCUT2D eigenvalue weighted by molar-refractivity contribution is -0.0931. The maximum Gasteiger partial charge on any atom is 0.0730 e. The van der Waals surface area contributed by atoms with Crippen molar-refractivity contribution in [1.82, 2.24) is 4.90 Å². The van der Waals surface area contributed by atoms with E-state index in [1.54, 1.807) is 0 Å². The van der Waals surface area contributed by atoms with Crippen LogP contribution in [0.25, 0.3) is 0 Å². The molecule has 0 spiro atoms. The molecule has 2 aliphatic rings. The molecule has 3 heteroatoms. The molecule has 2 fully saturated rings. The monoisotopic (exact) mass is 240 g/mol. The summed E-state index contributed by atoms with van der Waals surface area (Å²) in [5, 5.41) is 0. The minimum Gasteiger partial charge on any atom is -0.375 e. The van der Waals surface area contributed by atoms with Crippen LogP contribution in [0.1, 0.15) is 39.5 Å². The topological polar surface area (TPSA) is 38.5 Å². The zero-order chi connectivity index (χ0) is 12.3. The molecule has 0 aromatic carbocycles. The predicted octanol–water partition coefficient (Wildman–Crippen LogP) is 1.86. The molecular weight excluding hydrogens is 212 g/mol. The molecule has 1 saturated carbocycles. The molecule has 1 saturated heterocycles. The SMILES string of the molecule is CC(C)C(CN)CN1CCOC2CCCCC21. The van der Waals surface area contributed by atoms with Crippen molar-refractivity contribution in [3.63, 3.8) is 0 Å². The number of ether oxygens (including phenoxy) is 1. The van der Waals surface area contributed by atoms with Crippen LogP contribution < -0.4 is 5.73 Å². The summed E-state index contributed by atoms with van der Waals surface area (Å²) in [4.78, 5) is 2.66. The predicted molar refractivity (Wildman–Crippen MR) is 71.0 cm³/mol. The van der Waals surface area contributed by atoms with Crippen molar-refractivity contribution in [2.24, 2.45) is 17.6 Å². The van der Waals surface area contributed by atoms with Gasteiger partial charge in [-0.2, -0.15) is 0 Å². The Kier molecular flexibility index (Phi) is 4.83. The molecule has 0 radical (unpaired) electrons. The minimum atomic E-state index is 0.503. The van der Waals surface area contributed by atoms with Crippen LogP contribution in [0.4, 0.5) is 0 Å². The average Bonchev–Trinajstić information content (AvgIpc) is 2.35. The summed E-state index contributed by atoms with van der Waals surface area (Å²) in [6.45, 7) is 8.57. The smallest absolute Gasteiger partial charge is 0.0730 e. The number of hydrogen-bond acceptors (Lipinski definition) is 3. The molecule has 0 aromatic heterocycles. The van der Waals surface area contributed by atoms with Crippen LogP contribution in [0.5, 0.6) is 0 Å². The largest absolute Gasteiger partial charge is 0.375 e. The molecule has 0 amide bonds. The van der Waals surface area contributed by atoms with Crippen molar-refractivity contribution in [1.29, 1.82) is 0 Å². The summed E-state index contributed by atoms with van der Waals surface area (Å²) < 4.78 is 5.91. The van der Waals surface area contributed by atoms with Gasteiger partial charge in [-0.15, -0.1) is 0 Å². The highest BCUT2D eigenvalue weighted by Gasteiger charge is 2.35. The van der Waals surface area contributed by atoms with Crippen molar-refractivity contribution in [3.8, 4) is 0 Å². The van der Waals surface area contributed by atoms with Gasteiger partial charge in [0.1, 0.15) is 0 Å². The molecule has 100 valence electrons. The maximum atomic E-state index is 5.91. The molecule has 2 rings (SSSR count). The van der Waals surface area contributed by atoms with Gasteiger partial charge >= 0.3 is 0 Å². The van der Waals surface area contributed by atoms with E-state index in [-0.39, 0.29) is 0 Å². The van der Waals surface area contributed by atoms with Gasteiger partial charge in [-0.3, -0.25) is 4.90 Å². The van der Waals surface area contributed by atoms with Crippen LogP contribution in [-0.4, -0.2) is 43.3 Å². The highest BCUT2D eigenvalue weighted by molar-refractivity contribution is 4.88. The first-order chi connectivity index (χ1) is 8.22. The summed E-state index contributed by atoms with van der Waals surface area (Å²) in [6, 6.07) is 0.672. The van der Waals surface area contributed by atoms with Crippen molar-refractivity contribution in [2.75, 3.05) is 26.2 Å². The normalized spacial score (nSPS) is 32.5. The van der Waals surface area contributed by atoms with Crippen LogP contribution in [-0.2, 0) is 4.74 Å². The summed E-state index contributed by atoms with van der Waals surface area (Å²) in [5.41, 5.74) is 5.90. The van der Waals surface area contributed by atoms with E-state index in [9.17, 15) is 0 Å². The molecule has 1 aliphatic heterocycles. The van der Waals surface area contributed by atoms with Gasteiger partial charge in [0.15, 0.2) is 0 Å². The summed E-state index contributed by atoms with van der Waals surface area (Å²) in [5.74, 6) is 1.32. The van der Waals surface area contributed by atoms with E-state index in [2.05, 4.69) is 18.7 Å². The summed E-state index contributed by atoms with van der Waals surface area (Å²) >= 11 is 0. The van der Waals surface area contributed by atoms with Gasteiger partial charge in [0.05, 0.1) is 12.7 Å². The Morgan fingerprint density at radius 3 is 2.76 bits per heavy atom. The van der Waals surface area contributed by atoms with Crippen molar-refractivity contribution < 1.29 is 4.74 Å². The van der Waals surface area contributed by atoms with Crippen LogP contribution in [0.2, 0.25) is 0 Å². The second kappa shape index (κ2) is 6.17. The van der Waals surface area contributed by atoms with E-state index < -0.39 is 0 Å². The van der Waals surface area contributed by atoms with Crippen LogP contribution in [0.3, 0.4) is 0 Å². The van der Waals surface area contributed by atoms with Gasteiger partial charge in [0, 0.05) is 19.1 Å². The lowest BCUT2D eigenvalue weighted by atomic mass is 9.88. The number of nitrogens with zero attached hydrogens (tertiary/aromatic N) is 1. The standard InChI is InChI=1S/C14H28N2O/c1-11(2)12(9-15)10-16-7-8-17-14-6-4-3-5-13(14)16/h11-14H,3-10,15H2,1-2H3. The van der Waals surface area contributed by atoms with Gasteiger partial charge in [-0.05, 0) is 31.2 Å². The van der Waals surface area contributed by atoms with Gasteiger partial charge in [0.25, 0.3) is 0 Å². The minimum absolute atomic E-state index is 0.503. The van der Waals surface area contributed by atoms with E-state index in [1.165, 1.54) is 32.2 Å². The highest BCUT2D eigenvalue weighted by atomic mass is 16.5. The quantitative estimate of drug-likeness (QED) is 0.815. The van der Waals surface area contributed by atoms with Gasteiger partial charge in [0.2, 0.25) is 0 Å². The third kappa shape index (κ3) is 3.21. The Balaban J connectivity index is 1.94. The molecule has 0 bridgehead atoms. The Morgan fingerprint density at radius 2 is 2.06 bits per heavy atom. The zero-order valence-electron chi connectivity index (χ0n) is 11.4. The van der Waals surface area contributed by atoms with Crippen molar-refractivity contribution >= 4 is 0 Å².